The van der Waals surface area contributed by atoms with Crippen molar-refractivity contribution >= 4 is 17.5 Å². The van der Waals surface area contributed by atoms with E-state index in [1.54, 1.807) is 37.3 Å². The van der Waals surface area contributed by atoms with Crippen LogP contribution < -0.4 is 5.32 Å². The van der Waals surface area contributed by atoms with Crippen LogP contribution in [0, 0.1) is 19.7 Å². The maximum atomic E-state index is 13.7. The van der Waals surface area contributed by atoms with Crippen LogP contribution in [0.1, 0.15) is 58.0 Å². The first-order valence-electron chi connectivity index (χ1n) is 9.36. The fraction of sp³-hybridized carbons (Fsp3) is 0.364. The Balaban J connectivity index is 1.75. The lowest BCUT2D eigenvalue weighted by atomic mass is 10.0. The summed E-state index contributed by atoms with van der Waals surface area (Å²) in [6.45, 7) is 6.37. The van der Waals surface area contributed by atoms with E-state index in [1.807, 2.05) is 11.8 Å². The second-order valence-electron chi connectivity index (χ2n) is 7.29. The van der Waals surface area contributed by atoms with Crippen molar-refractivity contribution in [2.45, 2.75) is 46.1 Å². The maximum Gasteiger partial charge on any atom is 0.255 e. The molecule has 0 aliphatic carbocycles. The third kappa shape index (κ3) is 4.18. The summed E-state index contributed by atoms with van der Waals surface area (Å²) in [5, 5.41) is 2.80. The van der Waals surface area contributed by atoms with E-state index in [1.165, 1.54) is 6.07 Å². The smallest absolute Gasteiger partial charge is 0.255 e. The molecular weight excluding hydrogens is 343 g/mol. The Bertz CT molecular complexity index is 879. The van der Waals surface area contributed by atoms with E-state index in [0.29, 0.717) is 16.8 Å². The first-order chi connectivity index (χ1) is 12.9. The molecule has 1 fully saturated rings. The van der Waals surface area contributed by atoms with Gasteiger partial charge in [-0.2, -0.15) is 0 Å². The summed E-state index contributed by atoms with van der Waals surface area (Å²) in [4.78, 5) is 27.1. The molecule has 27 heavy (non-hydrogen) atoms. The fourth-order valence-corrected chi connectivity index (χ4v) is 3.43. The van der Waals surface area contributed by atoms with Gasteiger partial charge in [0.1, 0.15) is 5.82 Å². The molecule has 1 heterocycles. The summed E-state index contributed by atoms with van der Waals surface area (Å²) in [6.07, 6.45) is 3.23. The van der Waals surface area contributed by atoms with Gasteiger partial charge in [0.05, 0.1) is 0 Å². The molecule has 0 saturated carbocycles. The van der Waals surface area contributed by atoms with Crippen LogP contribution in [-0.4, -0.2) is 29.3 Å². The predicted octanol–water partition coefficient (Wildman–Crippen LogP) is 4.71. The number of likely N-dealkylation sites (tertiary alicyclic amines) is 1. The fourth-order valence-electron chi connectivity index (χ4n) is 3.43. The van der Waals surface area contributed by atoms with Gasteiger partial charge < -0.3 is 10.2 Å². The number of aryl methyl sites for hydroxylation is 2. The van der Waals surface area contributed by atoms with Crippen molar-refractivity contribution in [1.29, 1.82) is 0 Å². The van der Waals surface area contributed by atoms with E-state index >= 15 is 0 Å². The number of nitrogens with zero attached hydrogens (tertiary/aromatic N) is 1. The van der Waals surface area contributed by atoms with E-state index in [0.717, 1.165) is 31.4 Å². The Labute approximate surface area is 159 Å². The molecule has 2 aromatic rings. The van der Waals surface area contributed by atoms with Crippen molar-refractivity contribution in [2.75, 3.05) is 11.9 Å². The third-order valence-electron chi connectivity index (χ3n) is 5.22. The molecule has 1 aliphatic heterocycles. The molecule has 4 nitrogen and oxygen atoms in total. The molecular formula is C22H25FN2O2. The monoisotopic (exact) mass is 368 g/mol. The number of nitrogens with one attached hydrogen (secondary N) is 1. The van der Waals surface area contributed by atoms with E-state index in [-0.39, 0.29) is 23.4 Å². The van der Waals surface area contributed by atoms with E-state index in [2.05, 4.69) is 12.2 Å². The first-order valence-corrected chi connectivity index (χ1v) is 9.36. The summed E-state index contributed by atoms with van der Waals surface area (Å²) in [6, 6.07) is 9.94. The van der Waals surface area contributed by atoms with Crippen LogP contribution in [0.2, 0.25) is 0 Å². The van der Waals surface area contributed by atoms with Gasteiger partial charge in [-0.15, -0.1) is 0 Å². The number of anilines is 1. The predicted molar refractivity (Wildman–Crippen MR) is 105 cm³/mol. The Hall–Kier alpha value is -2.69. The van der Waals surface area contributed by atoms with Crippen LogP contribution in [0.25, 0.3) is 0 Å². The lowest BCUT2D eigenvalue weighted by Gasteiger charge is -2.33. The number of piperidine rings is 1. The molecule has 2 aromatic carbocycles. The van der Waals surface area contributed by atoms with Gasteiger partial charge in [0.2, 0.25) is 0 Å². The van der Waals surface area contributed by atoms with E-state index in [9.17, 15) is 14.0 Å². The quantitative estimate of drug-likeness (QED) is 0.853. The van der Waals surface area contributed by atoms with Gasteiger partial charge in [0, 0.05) is 29.4 Å². The highest BCUT2D eigenvalue weighted by Crippen LogP contribution is 2.23. The van der Waals surface area contributed by atoms with Crippen molar-refractivity contribution in [3.05, 3.63) is 64.5 Å². The van der Waals surface area contributed by atoms with Crippen molar-refractivity contribution in [3.63, 3.8) is 0 Å². The number of amides is 2. The molecule has 142 valence electrons. The Morgan fingerprint density at radius 1 is 1.04 bits per heavy atom. The van der Waals surface area contributed by atoms with Crippen LogP contribution in [0.15, 0.2) is 36.4 Å². The molecule has 0 bridgehead atoms. The normalized spacial score (nSPS) is 16.9. The molecule has 3 rings (SSSR count). The second-order valence-corrected chi connectivity index (χ2v) is 7.29. The Morgan fingerprint density at radius 3 is 2.44 bits per heavy atom. The summed E-state index contributed by atoms with van der Waals surface area (Å²) in [7, 11) is 0. The number of hydrogen-bond acceptors (Lipinski definition) is 2. The lowest BCUT2D eigenvalue weighted by molar-refractivity contribution is 0.0635. The average Bonchev–Trinajstić information content (AvgIpc) is 2.65. The minimum absolute atomic E-state index is 0.0313. The van der Waals surface area contributed by atoms with Crippen LogP contribution in [0.5, 0.6) is 0 Å². The zero-order valence-electron chi connectivity index (χ0n) is 16.0. The van der Waals surface area contributed by atoms with Gasteiger partial charge >= 0.3 is 0 Å². The highest BCUT2D eigenvalue weighted by atomic mass is 19.1. The highest BCUT2D eigenvalue weighted by Gasteiger charge is 2.24. The molecule has 1 saturated heterocycles. The third-order valence-corrected chi connectivity index (χ3v) is 5.22. The molecule has 0 spiro atoms. The molecule has 2 amide bonds. The molecule has 1 aliphatic rings. The summed E-state index contributed by atoms with van der Waals surface area (Å²) >= 11 is 0. The van der Waals surface area contributed by atoms with Crippen LogP contribution in [0.3, 0.4) is 0 Å². The van der Waals surface area contributed by atoms with E-state index < -0.39 is 5.82 Å². The topological polar surface area (TPSA) is 49.4 Å². The van der Waals surface area contributed by atoms with Gasteiger partial charge in [0.15, 0.2) is 0 Å². The molecule has 0 aromatic heterocycles. The van der Waals surface area contributed by atoms with Crippen LogP contribution >= 0.6 is 0 Å². The van der Waals surface area contributed by atoms with Crippen molar-refractivity contribution in [2.24, 2.45) is 0 Å². The highest BCUT2D eigenvalue weighted by molar-refractivity contribution is 6.05. The van der Waals surface area contributed by atoms with Crippen LogP contribution in [-0.2, 0) is 0 Å². The Morgan fingerprint density at radius 2 is 1.78 bits per heavy atom. The van der Waals surface area contributed by atoms with Gasteiger partial charge in [-0.05, 0) is 81.5 Å². The second kappa shape index (κ2) is 7.91. The zero-order valence-corrected chi connectivity index (χ0v) is 16.0. The summed E-state index contributed by atoms with van der Waals surface area (Å²) < 4.78 is 13.7. The van der Waals surface area contributed by atoms with Crippen molar-refractivity contribution in [1.82, 2.24) is 4.90 Å². The number of rotatable bonds is 3. The van der Waals surface area contributed by atoms with Gasteiger partial charge in [-0.25, -0.2) is 4.39 Å². The molecule has 5 heteroatoms. The molecule has 1 atom stereocenters. The lowest BCUT2D eigenvalue weighted by Crippen LogP contribution is -2.42. The van der Waals surface area contributed by atoms with Gasteiger partial charge in [-0.1, -0.05) is 6.07 Å². The van der Waals surface area contributed by atoms with Crippen molar-refractivity contribution in [3.8, 4) is 0 Å². The molecule has 1 unspecified atom stereocenters. The molecule has 0 radical (unpaired) electrons. The van der Waals surface area contributed by atoms with Gasteiger partial charge in [-0.3, -0.25) is 9.59 Å². The Kier molecular flexibility index (Phi) is 5.59. The first kappa shape index (κ1) is 19.1. The largest absolute Gasteiger partial charge is 0.336 e. The number of halogens is 1. The van der Waals surface area contributed by atoms with Crippen LogP contribution in [0.4, 0.5) is 10.1 Å². The number of carbonyl (C=O) groups excluding carboxylic acids is 2. The average molecular weight is 368 g/mol. The number of carbonyl (C=O) groups is 2. The summed E-state index contributed by atoms with van der Waals surface area (Å²) in [5.74, 6) is -0.750. The summed E-state index contributed by atoms with van der Waals surface area (Å²) in [5.41, 5.74) is 2.80. The maximum absolute atomic E-state index is 13.7. The standard InChI is InChI=1S/C22H25FN2O2/c1-14-7-8-17(13-19(14)23)21(26)24-20-10-9-18(12-15(20)2)22(27)25-11-5-4-6-16(25)3/h7-10,12-13,16H,4-6,11H2,1-3H3,(H,24,26). The van der Waals surface area contributed by atoms with E-state index in [4.69, 9.17) is 0 Å². The molecule has 1 N–H and O–H groups in total. The SMILES string of the molecule is Cc1ccc(C(=O)Nc2ccc(C(=O)N3CCCCC3C)cc2C)cc1F. The van der Waals surface area contributed by atoms with Crippen molar-refractivity contribution < 1.29 is 14.0 Å². The number of benzene rings is 2. The minimum atomic E-state index is -0.407. The van der Waals surface area contributed by atoms with Gasteiger partial charge in [0.25, 0.3) is 11.8 Å². The zero-order chi connectivity index (χ0) is 19.6. The number of hydrogen-bond donors (Lipinski definition) is 1. The minimum Gasteiger partial charge on any atom is -0.336 e.